The highest BCUT2D eigenvalue weighted by Gasteiger charge is 2.20. The minimum absolute atomic E-state index is 0.121. The van der Waals surface area contributed by atoms with Crippen LogP contribution in [0.5, 0.6) is 0 Å². The molecule has 2 rings (SSSR count). The van der Waals surface area contributed by atoms with E-state index in [1.165, 1.54) is 36.4 Å². The van der Waals surface area contributed by atoms with E-state index in [4.69, 9.17) is 39.4 Å². The summed E-state index contributed by atoms with van der Waals surface area (Å²) in [6, 6.07) is 8.04. The third-order valence-electron chi connectivity index (χ3n) is 2.85. The standard InChI is InChI=1S/C13H9Cl3O4S/c14-9-5-6-10(15)12(16)11(9)13(17)7-1-3-8(4-2-7)21(18,19)20/h1-6,13,17H,(H,18,19,20). The zero-order chi connectivity index (χ0) is 15.8. The van der Waals surface area contributed by atoms with Crippen molar-refractivity contribution >= 4 is 44.9 Å². The van der Waals surface area contributed by atoms with Crippen molar-refractivity contribution in [2.75, 3.05) is 0 Å². The first kappa shape index (κ1) is 16.5. The molecular formula is C13H9Cl3O4S. The Hall–Kier alpha value is -0.820. The van der Waals surface area contributed by atoms with Crippen molar-refractivity contribution in [1.82, 2.24) is 0 Å². The van der Waals surface area contributed by atoms with Gasteiger partial charge in [-0.25, -0.2) is 0 Å². The maximum Gasteiger partial charge on any atom is 0.294 e. The lowest BCUT2D eigenvalue weighted by molar-refractivity contribution is 0.220. The van der Waals surface area contributed by atoms with E-state index in [1.54, 1.807) is 0 Å². The number of halogens is 3. The second-order valence-electron chi connectivity index (χ2n) is 4.20. The highest BCUT2D eigenvalue weighted by molar-refractivity contribution is 7.85. The average molecular weight is 368 g/mol. The number of aliphatic hydroxyl groups is 1. The summed E-state index contributed by atoms with van der Waals surface area (Å²) in [5.74, 6) is 0. The van der Waals surface area contributed by atoms with Gasteiger partial charge in [0.15, 0.2) is 0 Å². The SMILES string of the molecule is O=S(=O)(O)c1ccc(C(O)c2c(Cl)ccc(Cl)c2Cl)cc1. The summed E-state index contributed by atoms with van der Waals surface area (Å²) in [4.78, 5) is -0.276. The lowest BCUT2D eigenvalue weighted by atomic mass is 10.0. The molecule has 0 fully saturated rings. The maximum atomic E-state index is 11.0. The second kappa shape index (κ2) is 6.12. The molecule has 1 atom stereocenters. The van der Waals surface area contributed by atoms with E-state index >= 15 is 0 Å². The van der Waals surface area contributed by atoms with Crippen LogP contribution in [0.25, 0.3) is 0 Å². The zero-order valence-electron chi connectivity index (χ0n) is 10.3. The molecule has 0 spiro atoms. The van der Waals surface area contributed by atoms with Gasteiger partial charge in [0.05, 0.1) is 14.9 Å². The highest BCUT2D eigenvalue weighted by atomic mass is 35.5. The number of hydrogen-bond donors (Lipinski definition) is 2. The molecule has 0 aliphatic heterocycles. The van der Waals surface area contributed by atoms with Gasteiger partial charge in [-0.05, 0) is 29.8 Å². The molecule has 0 radical (unpaired) electrons. The minimum Gasteiger partial charge on any atom is -0.384 e. The van der Waals surface area contributed by atoms with Crippen molar-refractivity contribution < 1.29 is 18.1 Å². The normalized spacial score (nSPS) is 13.2. The number of benzene rings is 2. The molecule has 1 unspecified atom stereocenters. The van der Waals surface area contributed by atoms with Crippen LogP contribution in [0.15, 0.2) is 41.3 Å². The highest BCUT2D eigenvalue weighted by Crippen LogP contribution is 2.38. The molecule has 21 heavy (non-hydrogen) atoms. The first-order valence-electron chi connectivity index (χ1n) is 5.60. The smallest absolute Gasteiger partial charge is 0.294 e. The molecule has 0 aliphatic carbocycles. The topological polar surface area (TPSA) is 74.6 Å². The molecule has 8 heteroatoms. The maximum absolute atomic E-state index is 11.0. The molecule has 0 aliphatic rings. The summed E-state index contributed by atoms with van der Waals surface area (Å²) in [5, 5.41) is 10.9. The van der Waals surface area contributed by atoms with Crippen LogP contribution in [0, 0.1) is 0 Å². The van der Waals surface area contributed by atoms with Gasteiger partial charge in [0, 0.05) is 10.6 Å². The third-order valence-corrected chi connectivity index (χ3v) is 4.86. The first-order valence-corrected chi connectivity index (χ1v) is 8.18. The van der Waals surface area contributed by atoms with Gasteiger partial charge in [-0.15, -0.1) is 0 Å². The van der Waals surface area contributed by atoms with E-state index in [2.05, 4.69) is 0 Å². The van der Waals surface area contributed by atoms with Gasteiger partial charge in [-0.3, -0.25) is 4.55 Å². The van der Waals surface area contributed by atoms with Crippen LogP contribution in [0.1, 0.15) is 17.2 Å². The number of hydrogen-bond acceptors (Lipinski definition) is 3. The molecule has 2 aromatic carbocycles. The summed E-state index contributed by atoms with van der Waals surface area (Å²) in [6.07, 6.45) is -1.18. The summed E-state index contributed by atoms with van der Waals surface area (Å²) in [5.41, 5.74) is 0.582. The molecule has 0 saturated heterocycles. The van der Waals surface area contributed by atoms with Crippen molar-refractivity contribution in [2.45, 2.75) is 11.0 Å². The fourth-order valence-corrected chi connectivity index (χ4v) is 3.00. The predicted molar refractivity (Wildman–Crippen MR) is 81.8 cm³/mol. The van der Waals surface area contributed by atoms with Crippen LogP contribution in [0.3, 0.4) is 0 Å². The number of aliphatic hydroxyl groups excluding tert-OH is 1. The summed E-state index contributed by atoms with van der Waals surface area (Å²) in [7, 11) is -4.29. The monoisotopic (exact) mass is 366 g/mol. The predicted octanol–water partition coefficient (Wildman–Crippen LogP) is 3.98. The summed E-state index contributed by atoms with van der Waals surface area (Å²) in [6.45, 7) is 0. The largest absolute Gasteiger partial charge is 0.384 e. The molecule has 2 N–H and O–H groups in total. The Morgan fingerprint density at radius 3 is 1.95 bits per heavy atom. The van der Waals surface area contributed by atoms with Gasteiger partial charge in [0.25, 0.3) is 10.1 Å². The molecule has 2 aromatic rings. The molecule has 0 aromatic heterocycles. The van der Waals surface area contributed by atoms with E-state index in [1.807, 2.05) is 0 Å². The van der Waals surface area contributed by atoms with E-state index in [0.717, 1.165) is 0 Å². The second-order valence-corrected chi connectivity index (χ2v) is 6.82. The molecule has 4 nitrogen and oxygen atoms in total. The van der Waals surface area contributed by atoms with E-state index in [9.17, 15) is 13.5 Å². The first-order chi connectivity index (χ1) is 9.71. The van der Waals surface area contributed by atoms with Crippen LogP contribution in [0.4, 0.5) is 0 Å². The van der Waals surface area contributed by atoms with E-state index in [0.29, 0.717) is 5.56 Å². The van der Waals surface area contributed by atoms with Crippen LogP contribution in [0.2, 0.25) is 15.1 Å². The van der Waals surface area contributed by atoms with Crippen LogP contribution < -0.4 is 0 Å². The fourth-order valence-electron chi connectivity index (χ4n) is 1.78. The average Bonchev–Trinajstić information content (AvgIpc) is 2.42. The Bertz CT molecular complexity index is 773. The lowest BCUT2D eigenvalue weighted by Gasteiger charge is -2.16. The van der Waals surface area contributed by atoms with Gasteiger partial charge < -0.3 is 5.11 Å². The fraction of sp³-hybridized carbons (Fsp3) is 0.0769. The lowest BCUT2D eigenvalue weighted by Crippen LogP contribution is -2.03. The third kappa shape index (κ3) is 3.51. The summed E-state index contributed by atoms with van der Waals surface area (Å²) < 4.78 is 30.9. The number of rotatable bonds is 3. The Kier molecular flexibility index (Phi) is 4.82. The van der Waals surface area contributed by atoms with Gasteiger partial charge >= 0.3 is 0 Å². The quantitative estimate of drug-likeness (QED) is 0.636. The Morgan fingerprint density at radius 1 is 0.905 bits per heavy atom. The van der Waals surface area contributed by atoms with Gasteiger partial charge in [-0.1, -0.05) is 46.9 Å². The summed E-state index contributed by atoms with van der Waals surface area (Å²) >= 11 is 17.9. The van der Waals surface area contributed by atoms with Crippen molar-refractivity contribution in [2.24, 2.45) is 0 Å². The Labute approximate surface area is 136 Å². The molecule has 0 amide bonds. The van der Waals surface area contributed by atoms with Crippen molar-refractivity contribution in [3.63, 3.8) is 0 Å². The molecule has 0 saturated carbocycles. The van der Waals surface area contributed by atoms with Crippen LogP contribution >= 0.6 is 34.8 Å². The molecular weight excluding hydrogens is 359 g/mol. The van der Waals surface area contributed by atoms with Gasteiger partial charge in [0.1, 0.15) is 6.10 Å². The van der Waals surface area contributed by atoms with Crippen LogP contribution in [-0.4, -0.2) is 18.1 Å². The minimum atomic E-state index is -4.29. The Balaban J connectivity index is 2.46. The zero-order valence-corrected chi connectivity index (χ0v) is 13.4. The van der Waals surface area contributed by atoms with Crippen molar-refractivity contribution in [3.8, 4) is 0 Å². The molecule has 0 heterocycles. The van der Waals surface area contributed by atoms with E-state index < -0.39 is 16.2 Å². The van der Waals surface area contributed by atoms with Gasteiger partial charge in [0.2, 0.25) is 0 Å². The Morgan fingerprint density at radius 2 is 1.43 bits per heavy atom. The van der Waals surface area contributed by atoms with Gasteiger partial charge in [-0.2, -0.15) is 8.42 Å². The van der Waals surface area contributed by atoms with E-state index in [-0.39, 0.29) is 25.5 Å². The molecule has 112 valence electrons. The molecule has 0 bridgehead atoms. The van der Waals surface area contributed by atoms with Crippen molar-refractivity contribution in [3.05, 3.63) is 62.6 Å². The van der Waals surface area contributed by atoms with Crippen molar-refractivity contribution in [1.29, 1.82) is 0 Å². The van der Waals surface area contributed by atoms with Crippen LogP contribution in [-0.2, 0) is 10.1 Å².